The second kappa shape index (κ2) is 49.3. The fourth-order valence-corrected chi connectivity index (χ4v) is 23.6. The molecule has 0 aliphatic carbocycles. The fraction of sp³-hybridized carbons (Fsp3) is 0.658. The number of anilines is 5. The van der Waals surface area contributed by atoms with Gasteiger partial charge in [-0.2, -0.15) is 19.9 Å². The lowest BCUT2D eigenvalue weighted by Gasteiger charge is -2.38. The van der Waals surface area contributed by atoms with Crippen molar-refractivity contribution in [3.63, 3.8) is 0 Å². The quantitative estimate of drug-likeness (QED) is 0.0103. The Morgan fingerprint density at radius 2 is 0.772 bits per heavy atom. The van der Waals surface area contributed by atoms with Crippen LogP contribution in [-0.4, -0.2) is 321 Å². The van der Waals surface area contributed by atoms with Gasteiger partial charge in [0, 0.05) is 89.0 Å². The number of rotatable bonds is 52. The summed E-state index contributed by atoms with van der Waals surface area (Å²) in [4.78, 5) is 179. The number of aryl methyl sites for hydroxylation is 4. The van der Waals surface area contributed by atoms with Crippen molar-refractivity contribution < 1.29 is 150 Å². The van der Waals surface area contributed by atoms with E-state index in [2.05, 4.69) is 49.8 Å². The van der Waals surface area contributed by atoms with Crippen LogP contribution in [0.1, 0.15) is 79.4 Å². The molecule has 6 aliphatic rings. The summed E-state index contributed by atoms with van der Waals surface area (Å²) >= 11 is 28.4. The van der Waals surface area contributed by atoms with Crippen molar-refractivity contribution in [1.82, 2.24) is 77.2 Å². The molecule has 6 aliphatic heterocycles. The van der Waals surface area contributed by atoms with E-state index in [1.165, 1.54) is 96.6 Å². The number of nitrogens with two attached hydrogens (primary N) is 5. The lowest BCUT2D eigenvalue weighted by Crippen LogP contribution is -2.42. The average Bonchev–Trinajstić information content (AvgIpc) is 1.60. The third-order valence-corrected chi connectivity index (χ3v) is 31.2. The largest absolute Gasteiger partial charge is 0.780 e. The first-order valence-electron chi connectivity index (χ1n) is 44.3. The van der Waals surface area contributed by atoms with Crippen LogP contribution < -0.4 is 82.1 Å². The predicted octanol–water partition coefficient (Wildman–Crippen LogP) is -3.87. The summed E-state index contributed by atoms with van der Waals surface area (Å²) in [5, 5.41) is 11.8. The number of aliphatic hydroxyl groups is 1. The van der Waals surface area contributed by atoms with Gasteiger partial charge in [0.2, 0.25) is 5.95 Å². The monoisotopic (exact) mass is 2240 g/mol. The Hall–Kier alpha value is -6.84. The number of nitrogen functional groups attached to an aromatic ring is 5. The Balaban J connectivity index is 0.760. The molecule has 59 nitrogen and oxygen atoms in total. The number of fused-ring (bicyclic) bond motifs is 2. The third kappa shape index (κ3) is 27.3. The molecule has 0 amide bonds. The number of hydrogen-bond donors (Lipinski definition) is 8. The normalized spacial score (nSPS) is 29.2. The number of H-pyrrole nitrogens is 2. The smallest absolute Gasteiger partial charge is 0.351 e. The van der Waals surface area contributed by atoms with Crippen molar-refractivity contribution in [1.29, 1.82) is 0 Å². The Bertz CT molecular complexity index is 6500. The summed E-state index contributed by atoms with van der Waals surface area (Å²) in [6.45, 7) is -24.6. The molecular formula is C76H107N21O38P5S5-5. The highest BCUT2D eigenvalue weighted by atomic mass is 32.7. The van der Waals surface area contributed by atoms with Gasteiger partial charge in [-0.15, -0.1) is 0 Å². The molecule has 14 rings (SSSR count). The summed E-state index contributed by atoms with van der Waals surface area (Å²) in [6.07, 6.45) is -27.5. The second-order valence-corrected chi connectivity index (χ2v) is 46.7. The Labute approximate surface area is 848 Å². The van der Waals surface area contributed by atoms with Gasteiger partial charge in [0.1, 0.15) is 154 Å². The number of aliphatic hydroxyl groups excluding tert-OH is 1. The maximum Gasteiger partial charge on any atom is 0.351 e. The van der Waals surface area contributed by atoms with Crippen LogP contribution in [0, 0.1) is 27.7 Å². The van der Waals surface area contributed by atoms with Gasteiger partial charge in [-0.05, 0) is 34.1 Å². The Kier molecular flexibility index (Phi) is 38.7. The van der Waals surface area contributed by atoms with Gasteiger partial charge < -0.3 is 187 Å². The highest BCUT2D eigenvalue weighted by molar-refractivity contribution is 8.32. The lowest BCUT2D eigenvalue weighted by atomic mass is 10.1. The Morgan fingerprint density at radius 3 is 1.19 bits per heavy atom. The molecule has 0 bridgehead atoms. The second-order valence-electron chi connectivity index (χ2n) is 33.2. The van der Waals surface area contributed by atoms with Gasteiger partial charge in [0.15, 0.2) is 60.6 Å². The third-order valence-electron chi connectivity index (χ3n) is 23.5. The number of nitrogens with one attached hydrogen (secondary N) is 2. The summed E-state index contributed by atoms with van der Waals surface area (Å²) in [6, 6.07) is 0. The highest BCUT2D eigenvalue weighted by Gasteiger charge is 2.56. The van der Waals surface area contributed by atoms with E-state index in [1.807, 2.05) is 0 Å². The number of ether oxygens (including phenoxy) is 16. The molecule has 0 saturated carbocycles. The van der Waals surface area contributed by atoms with Crippen molar-refractivity contribution in [3.05, 3.63) is 129 Å². The molecule has 8 aromatic heterocycles. The van der Waals surface area contributed by atoms with Crippen LogP contribution in [0.5, 0.6) is 0 Å². The molecule has 13 N–H and O–H groups in total. The van der Waals surface area contributed by atoms with E-state index in [-0.39, 0.29) is 147 Å². The lowest BCUT2D eigenvalue weighted by molar-refractivity contribution is -0.223. The molecule has 0 aromatic carbocycles. The summed E-state index contributed by atoms with van der Waals surface area (Å²) in [5.74, 6) is -0.937. The number of methoxy groups -OCH3 is 5. The zero-order valence-corrected chi connectivity index (χ0v) is 87.4. The molecule has 28 atom stereocenters. The zero-order chi connectivity index (χ0) is 105. The number of nitrogens with zero attached hydrogens (tertiary/aromatic N) is 14. The number of imidazole rings is 2. The van der Waals surface area contributed by atoms with Crippen LogP contribution in [-0.2, 0) is 185 Å². The number of aromatic nitrogens is 16. The molecule has 14 heterocycles. The molecule has 145 heavy (non-hydrogen) atoms. The van der Waals surface area contributed by atoms with Gasteiger partial charge in [0.25, 0.3) is 11.1 Å². The van der Waals surface area contributed by atoms with Crippen molar-refractivity contribution in [2.24, 2.45) is 0 Å². The van der Waals surface area contributed by atoms with Gasteiger partial charge in [0.05, 0.1) is 124 Å². The van der Waals surface area contributed by atoms with Gasteiger partial charge in [-0.25, -0.2) is 39.1 Å². The minimum Gasteiger partial charge on any atom is -0.780 e. The predicted molar refractivity (Wildman–Crippen MR) is 510 cm³/mol. The maximum atomic E-state index is 15.7. The van der Waals surface area contributed by atoms with E-state index in [0.29, 0.717) is 5.56 Å². The topological polar surface area (TPSA) is 766 Å². The zero-order valence-electron chi connectivity index (χ0n) is 78.8. The van der Waals surface area contributed by atoms with Crippen molar-refractivity contribution >= 4 is 145 Å². The molecule has 804 valence electrons. The van der Waals surface area contributed by atoms with Crippen LogP contribution in [0.25, 0.3) is 22.3 Å². The first-order chi connectivity index (χ1) is 68.9. The van der Waals surface area contributed by atoms with Gasteiger partial charge >= 0.3 is 22.8 Å². The molecule has 0 spiro atoms. The van der Waals surface area contributed by atoms with E-state index in [4.69, 9.17) is 209 Å². The van der Waals surface area contributed by atoms with Crippen LogP contribution in [0.3, 0.4) is 0 Å². The average molecular weight is 2240 g/mol. The van der Waals surface area contributed by atoms with E-state index in [9.17, 15) is 43.7 Å². The molecule has 6 saturated heterocycles. The standard InChI is InChI=1S/C76H112N21O38P5S5/c1-11-39-40(22-46(125-39)92-26-38(5)65(99)91-76(92)104)131-136(105,141)121-28-44-53(58(119-21-16-114-10)71(130-44)97-34-85-48-64(97)89-72(81)90-66(48)100)135-140(109,145)123-30-43-51(56(117-19-14-112-8)69(128-43)95-25-37(4)61(79)88-75(95)103)133-138(107,143)124-31-45-52(57(118-20-15-113-9)70(129-45)96-33-84-47-62(80)82-32-83-63(47)96)134-139(108,144)122-29-42-50(55(116-18-13-111-7)68(127-42)94-24-36(3)60(78)87-74(94)102)132-137(106,142)120-27-41-49(98)54(115-17-12-110-6)67(126-41)93-23-35(2)59(77)86-73(93)101/h23-26,32-34,39-46,49-58,67-71,98H,11-22,27-31H2,1-10H3,(H,105,141)(H,106,142)(H,107,143)(H,108,144)(H,109,145)(H2,77,86,101)(H2,78,87,102)(H2,79,88,103)(H2,80,82,83)(H,91,99,104)(H3,81,89,90,100)/p-5/t39-,40?,41-,42-,43-,44-,45-,46-,49?,50?,51?,52?,53?,54+,55+,56+,57+,58+,67-,68-,69-,70-,71-,136?,137?,138?,139?,140?/m1/s1. The molecule has 8 aromatic rings. The van der Waals surface area contributed by atoms with Crippen LogP contribution in [0.2, 0.25) is 0 Å². The molecule has 0 radical (unpaired) electrons. The maximum absolute atomic E-state index is 15.7. The highest BCUT2D eigenvalue weighted by Crippen LogP contribution is 2.57. The van der Waals surface area contributed by atoms with Crippen LogP contribution in [0.4, 0.5) is 29.2 Å². The van der Waals surface area contributed by atoms with E-state index >= 15 is 14.4 Å². The first-order valence-corrected chi connectivity index (χ1v) is 57.0. The SMILES string of the molecule is CC[C@H]1O[C@@H](n2cc(C)c(=O)[nH]c2=O)CC1OP([O-])(=S)OC[C@H]1O[C@@H](n2cnc3c(=O)[nH]c(N)nc32)[C@@H](OCCOC)C1OP(=O)([S-])OC[C@H]1O[C@@H](n2cc(C)c(N)nc2=O)[C@@H](OCCOC)C1OP([O-])(=S)OC[C@H]1O[C@@H](n2cnc3c(N)ncnc32)[C@@H](OCCOC)C1OP([O-])(=S)OC[C@H]1O[C@@H](n2cc(C)c(N)nc2=O)[C@@H](OCCOC)C1OP([O-])(=S)OC[C@H]1O[C@@H](n2cc(C)c(N)nc2=O)[C@@H](OCCOC)C1O. The summed E-state index contributed by atoms with van der Waals surface area (Å²) in [5.41, 5.74) is 26.0. The van der Waals surface area contributed by atoms with Gasteiger partial charge in [-0.1, -0.05) is 54.2 Å². The summed E-state index contributed by atoms with van der Waals surface area (Å²) < 4.78 is 180. The Morgan fingerprint density at radius 1 is 0.414 bits per heavy atom. The van der Waals surface area contributed by atoms with E-state index in [0.717, 1.165) is 30.9 Å². The minimum absolute atomic E-state index is 0.0134. The van der Waals surface area contributed by atoms with Crippen LogP contribution in [0.15, 0.2) is 72.5 Å². The molecular weight excluding hydrogens is 2130 g/mol. The van der Waals surface area contributed by atoms with E-state index in [1.54, 1.807) is 13.8 Å². The van der Waals surface area contributed by atoms with Crippen molar-refractivity contribution in [2.75, 3.05) is 163 Å². The van der Waals surface area contributed by atoms with Crippen molar-refractivity contribution in [2.45, 2.75) is 189 Å². The molecule has 69 heteroatoms. The van der Waals surface area contributed by atoms with Gasteiger partial charge in [-0.3, -0.25) is 51.5 Å². The molecule has 11 unspecified atom stereocenters. The fourth-order valence-electron chi connectivity index (χ4n) is 16.4. The van der Waals surface area contributed by atoms with Crippen LogP contribution >= 0.6 is 33.7 Å². The minimum atomic E-state index is -5.33. The summed E-state index contributed by atoms with van der Waals surface area (Å²) in [7, 11) is 6.79. The number of aromatic amines is 2. The first kappa shape index (κ1) is 114. The van der Waals surface area contributed by atoms with Crippen molar-refractivity contribution in [3.8, 4) is 0 Å². The number of hydrogen-bond acceptors (Lipinski definition) is 56. The van der Waals surface area contributed by atoms with E-state index < -0.39 is 242 Å². The molecule has 6 fully saturated rings.